The Morgan fingerprint density at radius 2 is 2.33 bits per heavy atom. The highest BCUT2D eigenvalue weighted by atomic mass is 79.9. The van der Waals surface area contributed by atoms with Crippen molar-refractivity contribution in [1.29, 1.82) is 0 Å². The molecule has 0 aliphatic rings. The van der Waals surface area contributed by atoms with Gasteiger partial charge in [-0.1, -0.05) is 11.6 Å². The monoisotopic (exact) mass is 295 g/mol. The van der Waals surface area contributed by atoms with E-state index >= 15 is 0 Å². The average Bonchev–Trinajstić information content (AvgIpc) is 2.19. The van der Waals surface area contributed by atoms with Crippen molar-refractivity contribution in [3.63, 3.8) is 0 Å². The lowest BCUT2D eigenvalue weighted by atomic mass is 10.3. The zero-order valence-electron chi connectivity index (χ0n) is 7.60. The lowest BCUT2D eigenvalue weighted by Gasteiger charge is -2.07. The smallest absolute Gasteiger partial charge is 0.411 e. The minimum absolute atomic E-state index is 0.253. The van der Waals surface area contributed by atoms with Gasteiger partial charge < -0.3 is 4.74 Å². The Bertz CT molecular complexity index is 362. The fourth-order valence-electron chi connectivity index (χ4n) is 0.868. The van der Waals surface area contributed by atoms with Crippen LogP contribution in [0.4, 0.5) is 14.9 Å². The number of alkyl halides is 1. The van der Waals surface area contributed by atoms with E-state index in [-0.39, 0.29) is 6.61 Å². The molecule has 0 unspecified atom stereocenters. The van der Waals surface area contributed by atoms with Crippen LogP contribution in [-0.4, -0.2) is 19.4 Å². The van der Waals surface area contributed by atoms with Gasteiger partial charge in [0.1, 0.15) is 13.3 Å². The van der Waals surface area contributed by atoms with Crippen LogP contribution in [0.2, 0.25) is 5.02 Å². The van der Waals surface area contributed by atoms with Crippen molar-refractivity contribution in [2.45, 2.75) is 0 Å². The number of carbonyl (C=O) groups is 1. The first-order valence-corrected chi connectivity index (χ1v) is 5.25. The third kappa shape index (κ3) is 4.05. The first-order valence-electron chi connectivity index (χ1n) is 4.08. The molecule has 1 aromatic carbocycles. The molecule has 1 N–H and O–H groups in total. The van der Waals surface area contributed by atoms with Crippen molar-refractivity contribution < 1.29 is 13.9 Å². The number of hydrogen-bond acceptors (Lipinski definition) is 2. The molecule has 0 radical (unpaired) electrons. The molecule has 15 heavy (non-hydrogen) atoms. The summed E-state index contributed by atoms with van der Waals surface area (Å²) >= 11 is 8.93. The van der Waals surface area contributed by atoms with Gasteiger partial charge in [0.2, 0.25) is 0 Å². The van der Waals surface area contributed by atoms with E-state index in [1.54, 1.807) is 18.2 Å². The fraction of sp³-hybridized carbons (Fsp3) is 0.222. The van der Waals surface area contributed by atoms with Crippen molar-refractivity contribution >= 4 is 39.3 Å². The lowest BCUT2D eigenvalue weighted by Crippen LogP contribution is -2.15. The Morgan fingerprint density at radius 1 is 1.60 bits per heavy atom. The Kier molecular flexibility index (Phi) is 4.84. The second-order valence-corrected chi connectivity index (χ2v) is 3.86. The normalized spacial score (nSPS) is 9.80. The summed E-state index contributed by atoms with van der Waals surface area (Å²) in [6.45, 7) is -0.952. The maximum atomic E-state index is 11.7. The number of nitrogens with one attached hydrogen (secondary N) is 1. The number of hydrogen-bond donors (Lipinski definition) is 1. The van der Waals surface area contributed by atoms with Crippen LogP contribution in [0.15, 0.2) is 22.7 Å². The first-order chi connectivity index (χ1) is 7.13. The van der Waals surface area contributed by atoms with Crippen LogP contribution >= 0.6 is 27.5 Å². The van der Waals surface area contributed by atoms with Crippen LogP contribution in [0, 0.1) is 0 Å². The molecule has 1 aromatic rings. The number of rotatable bonds is 3. The molecule has 0 heterocycles. The number of carbonyl (C=O) groups excluding carboxylic acids is 1. The third-order valence-corrected chi connectivity index (χ3v) is 2.37. The predicted octanol–water partition coefficient (Wildman–Crippen LogP) is 3.62. The van der Waals surface area contributed by atoms with Gasteiger partial charge in [0.15, 0.2) is 0 Å². The van der Waals surface area contributed by atoms with Gasteiger partial charge in [0, 0.05) is 9.50 Å². The number of halogens is 3. The molecule has 0 spiro atoms. The second kappa shape index (κ2) is 5.92. The van der Waals surface area contributed by atoms with Gasteiger partial charge in [0.25, 0.3) is 0 Å². The molecule has 0 saturated heterocycles. The predicted molar refractivity (Wildman–Crippen MR) is 60.1 cm³/mol. The fourth-order valence-corrected chi connectivity index (χ4v) is 1.65. The molecule has 82 valence electrons. The van der Waals surface area contributed by atoms with E-state index in [9.17, 15) is 9.18 Å². The summed E-state index contributed by atoms with van der Waals surface area (Å²) in [5, 5.41) is 2.98. The van der Waals surface area contributed by atoms with Crippen LogP contribution in [-0.2, 0) is 4.74 Å². The Balaban J connectivity index is 2.60. The first kappa shape index (κ1) is 12.3. The SMILES string of the molecule is O=C(Nc1ccc(Cl)cc1Br)OCCF. The van der Waals surface area contributed by atoms with Gasteiger partial charge in [-0.05, 0) is 34.1 Å². The summed E-state index contributed by atoms with van der Waals surface area (Å²) in [4.78, 5) is 11.1. The molecule has 3 nitrogen and oxygen atoms in total. The maximum absolute atomic E-state index is 11.7. The summed E-state index contributed by atoms with van der Waals surface area (Å²) in [6, 6.07) is 4.87. The molecule has 0 bridgehead atoms. The molecule has 0 saturated carbocycles. The van der Waals surface area contributed by atoms with Crippen molar-refractivity contribution in [2.24, 2.45) is 0 Å². The average molecular weight is 297 g/mol. The van der Waals surface area contributed by atoms with Gasteiger partial charge in [0.05, 0.1) is 5.69 Å². The van der Waals surface area contributed by atoms with Crippen molar-refractivity contribution in [3.05, 3.63) is 27.7 Å². The number of anilines is 1. The van der Waals surface area contributed by atoms with E-state index in [4.69, 9.17) is 11.6 Å². The molecule has 0 aromatic heterocycles. The minimum Gasteiger partial charge on any atom is -0.447 e. The molecule has 0 atom stereocenters. The quantitative estimate of drug-likeness (QED) is 0.925. The molecule has 0 fully saturated rings. The van der Waals surface area contributed by atoms with Crippen molar-refractivity contribution in [3.8, 4) is 0 Å². The highest BCUT2D eigenvalue weighted by Crippen LogP contribution is 2.25. The zero-order chi connectivity index (χ0) is 11.3. The molecule has 1 amide bonds. The summed E-state index contributed by atoms with van der Waals surface area (Å²) in [5.74, 6) is 0. The third-order valence-electron chi connectivity index (χ3n) is 1.48. The molecule has 0 aliphatic carbocycles. The highest BCUT2D eigenvalue weighted by Gasteiger charge is 2.06. The molecular formula is C9H8BrClFNO2. The van der Waals surface area contributed by atoms with Crippen molar-refractivity contribution in [2.75, 3.05) is 18.6 Å². The van der Waals surface area contributed by atoms with Crippen LogP contribution in [0.1, 0.15) is 0 Å². The van der Waals surface area contributed by atoms with E-state index in [0.717, 1.165) is 0 Å². The van der Waals surface area contributed by atoms with E-state index < -0.39 is 12.8 Å². The molecule has 6 heteroatoms. The summed E-state index contributed by atoms with van der Waals surface area (Å²) in [5.41, 5.74) is 0.517. The van der Waals surface area contributed by atoms with Crippen LogP contribution in [0.25, 0.3) is 0 Å². The summed E-state index contributed by atoms with van der Waals surface area (Å²) in [6.07, 6.45) is -0.698. The van der Waals surface area contributed by atoms with Crippen LogP contribution in [0.5, 0.6) is 0 Å². The largest absolute Gasteiger partial charge is 0.447 e. The van der Waals surface area contributed by atoms with Gasteiger partial charge in [-0.25, -0.2) is 9.18 Å². The van der Waals surface area contributed by atoms with Gasteiger partial charge in [-0.15, -0.1) is 0 Å². The Hall–Kier alpha value is -0.810. The van der Waals surface area contributed by atoms with E-state index in [1.165, 1.54) is 0 Å². The molecule has 1 rings (SSSR count). The second-order valence-electron chi connectivity index (χ2n) is 2.57. The van der Waals surface area contributed by atoms with E-state index in [2.05, 4.69) is 26.0 Å². The Labute approximate surface area is 99.7 Å². The topological polar surface area (TPSA) is 38.3 Å². The van der Waals surface area contributed by atoms with Gasteiger partial charge in [-0.3, -0.25) is 5.32 Å². The molecule has 0 aliphatic heterocycles. The molecular weight excluding hydrogens is 288 g/mol. The summed E-state index contributed by atoms with van der Waals surface area (Å²) < 4.78 is 16.8. The maximum Gasteiger partial charge on any atom is 0.411 e. The number of benzene rings is 1. The van der Waals surface area contributed by atoms with E-state index in [1.807, 2.05) is 0 Å². The Morgan fingerprint density at radius 3 is 2.93 bits per heavy atom. The van der Waals surface area contributed by atoms with Crippen LogP contribution < -0.4 is 5.32 Å². The summed E-state index contributed by atoms with van der Waals surface area (Å²) in [7, 11) is 0. The highest BCUT2D eigenvalue weighted by molar-refractivity contribution is 9.10. The minimum atomic E-state index is -0.699. The van der Waals surface area contributed by atoms with Crippen molar-refractivity contribution in [1.82, 2.24) is 0 Å². The lowest BCUT2D eigenvalue weighted by molar-refractivity contribution is 0.152. The van der Waals surface area contributed by atoms with Gasteiger partial charge >= 0.3 is 6.09 Å². The van der Waals surface area contributed by atoms with E-state index in [0.29, 0.717) is 15.2 Å². The zero-order valence-corrected chi connectivity index (χ0v) is 9.94. The number of ether oxygens (including phenoxy) is 1. The number of amides is 1. The van der Waals surface area contributed by atoms with Crippen LogP contribution in [0.3, 0.4) is 0 Å². The van der Waals surface area contributed by atoms with Gasteiger partial charge in [-0.2, -0.15) is 0 Å². The standard InChI is InChI=1S/C9H8BrClFNO2/c10-7-5-6(11)1-2-8(7)13-9(14)15-4-3-12/h1-2,5H,3-4H2,(H,13,14).